The zero-order valence-corrected chi connectivity index (χ0v) is 19.7. The molecule has 4 fully saturated rings. The highest BCUT2D eigenvalue weighted by atomic mass is 16.5. The molecular formula is C26H31N7O2. The van der Waals surface area contributed by atoms with Gasteiger partial charge in [-0.3, -0.25) is 9.69 Å². The average molecular weight is 474 g/mol. The molecule has 2 atom stereocenters. The number of piperidine rings is 4. The molecule has 4 saturated heterocycles. The van der Waals surface area contributed by atoms with Crippen molar-refractivity contribution in [3.05, 3.63) is 42.2 Å². The molecule has 7 rings (SSSR count). The minimum absolute atomic E-state index is 0.243. The molecule has 0 saturated carbocycles. The summed E-state index contributed by atoms with van der Waals surface area (Å²) in [4.78, 5) is 28.5. The summed E-state index contributed by atoms with van der Waals surface area (Å²) < 4.78 is 6.34. The number of rotatable bonds is 6. The van der Waals surface area contributed by atoms with Gasteiger partial charge in [0.15, 0.2) is 5.82 Å². The average Bonchev–Trinajstić information content (AvgIpc) is 2.90. The summed E-state index contributed by atoms with van der Waals surface area (Å²) in [5.41, 5.74) is 8.62. The first-order chi connectivity index (χ1) is 17.1. The lowest BCUT2D eigenvalue weighted by molar-refractivity contribution is -0.00775. The number of hydrogen-bond acceptors (Lipinski definition) is 8. The van der Waals surface area contributed by atoms with Crippen LogP contribution in [0.3, 0.4) is 0 Å². The second-order valence-electron chi connectivity index (χ2n) is 9.85. The van der Waals surface area contributed by atoms with Crippen LogP contribution in [-0.2, 0) is 0 Å². The molecule has 3 aromatic rings. The summed E-state index contributed by atoms with van der Waals surface area (Å²) in [6, 6.07) is 9.89. The van der Waals surface area contributed by atoms with Crippen LogP contribution in [0.4, 0.5) is 5.82 Å². The number of benzene rings is 1. The molecular weight excluding hydrogens is 442 g/mol. The smallest absolute Gasteiger partial charge is 0.251 e. The van der Waals surface area contributed by atoms with E-state index in [9.17, 15) is 4.79 Å². The van der Waals surface area contributed by atoms with Crippen molar-refractivity contribution in [2.75, 3.05) is 38.0 Å². The minimum atomic E-state index is -0.537. The Bertz CT molecular complexity index is 1220. The number of pyridine rings is 1. The van der Waals surface area contributed by atoms with Crippen LogP contribution in [0.1, 0.15) is 36.0 Å². The highest BCUT2D eigenvalue weighted by molar-refractivity contribution is 6.06. The zero-order chi connectivity index (χ0) is 23.8. The molecule has 9 nitrogen and oxygen atoms in total. The number of amides is 1. The fraction of sp³-hybridized carbons (Fsp3) is 0.462. The number of primary amides is 1. The van der Waals surface area contributed by atoms with Gasteiger partial charge in [0.1, 0.15) is 29.2 Å². The van der Waals surface area contributed by atoms with E-state index < -0.39 is 5.91 Å². The lowest BCUT2D eigenvalue weighted by Gasteiger charge is -2.44. The summed E-state index contributed by atoms with van der Waals surface area (Å²) >= 11 is 0. The van der Waals surface area contributed by atoms with Gasteiger partial charge in [-0.1, -0.05) is 0 Å². The molecule has 182 valence electrons. The quantitative estimate of drug-likeness (QED) is 0.500. The van der Waals surface area contributed by atoms with Crippen molar-refractivity contribution >= 4 is 22.8 Å². The lowest BCUT2D eigenvalue weighted by atomic mass is 9.86. The molecule has 0 unspecified atom stereocenters. The van der Waals surface area contributed by atoms with E-state index in [4.69, 9.17) is 15.5 Å². The molecule has 35 heavy (non-hydrogen) atoms. The van der Waals surface area contributed by atoms with Crippen LogP contribution in [0.2, 0.25) is 0 Å². The standard InChI is InChI=1S/C26H31N7O2/c27-25(34)20-12-21(32-24-23(20)29-15-30-26(24)31-18-2-1-9-28-13-18)16-3-5-19(6-4-16)35-22-14-33-10-7-17(22)8-11-33/h3-6,12,15,17-18,22,28H,1-2,7-11,13-14H2,(H2,27,34)(H,29,30,31)/t18-,22-/m0/s1. The van der Waals surface area contributed by atoms with Crippen molar-refractivity contribution in [1.29, 1.82) is 0 Å². The first-order valence-corrected chi connectivity index (χ1v) is 12.6. The van der Waals surface area contributed by atoms with Crippen LogP contribution in [-0.4, -0.2) is 70.6 Å². The molecule has 4 aliphatic heterocycles. The highest BCUT2D eigenvalue weighted by Gasteiger charge is 2.35. The predicted molar refractivity (Wildman–Crippen MR) is 134 cm³/mol. The van der Waals surface area contributed by atoms with E-state index in [1.807, 2.05) is 24.3 Å². The molecule has 6 heterocycles. The molecule has 0 aliphatic carbocycles. The van der Waals surface area contributed by atoms with Crippen molar-refractivity contribution in [2.45, 2.75) is 37.8 Å². The number of nitrogens with one attached hydrogen (secondary N) is 2. The van der Waals surface area contributed by atoms with Crippen LogP contribution in [0.5, 0.6) is 5.75 Å². The molecule has 0 radical (unpaired) electrons. The van der Waals surface area contributed by atoms with Crippen molar-refractivity contribution in [3.63, 3.8) is 0 Å². The molecule has 4 N–H and O–H groups in total. The van der Waals surface area contributed by atoms with Crippen molar-refractivity contribution in [3.8, 4) is 17.0 Å². The minimum Gasteiger partial charge on any atom is -0.489 e. The largest absolute Gasteiger partial charge is 0.489 e. The van der Waals surface area contributed by atoms with E-state index in [2.05, 4.69) is 25.5 Å². The van der Waals surface area contributed by atoms with Gasteiger partial charge in [0.25, 0.3) is 5.91 Å². The van der Waals surface area contributed by atoms with Gasteiger partial charge in [0.05, 0.1) is 11.3 Å². The number of ether oxygens (including phenoxy) is 1. The number of nitrogens with zero attached hydrogens (tertiary/aromatic N) is 4. The Morgan fingerprint density at radius 3 is 2.63 bits per heavy atom. The third kappa shape index (κ3) is 4.53. The van der Waals surface area contributed by atoms with Crippen LogP contribution in [0.15, 0.2) is 36.7 Å². The molecule has 9 heteroatoms. The fourth-order valence-electron chi connectivity index (χ4n) is 5.57. The second kappa shape index (κ2) is 9.39. The van der Waals surface area contributed by atoms with Gasteiger partial charge in [-0.2, -0.15) is 0 Å². The van der Waals surface area contributed by atoms with Crippen molar-refractivity contribution < 1.29 is 9.53 Å². The Morgan fingerprint density at radius 1 is 1.11 bits per heavy atom. The maximum absolute atomic E-state index is 12.3. The van der Waals surface area contributed by atoms with E-state index in [1.54, 1.807) is 6.07 Å². The number of anilines is 1. The van der Waals surface area contributed by atoms with Gasteiger partial charge in [0.2, 0.25) is 0 Å². The van der Waals surface area contributed by atoms with Gasteiger partial charge in [-0.05, 0) is 81.6 Å². The summed E-state index contributed by atoms with van der Waals surface area (Å²) in [6.07, 6.45) is 6.28. The summed E-state index contributed by atoms with van der Waals surface area (Å²) in [6.45, 7) is 5.27. The van der Waals surface area contributed by atoms with Gasteiger partial charge < -0.3 is 21.1 Å². The van der Waals surface area contributed by atoms with Gasteiger partial charge >= 0.3 is 0 Å². The molecule has 1 amide bonds. The number of fused-ring (bicyclic) bond motifs is 4. The number of nitrogens with two attached hydrogens (primary N) is 1. The summed E-state index contributed by atoms with van der Waals surface area (Å²) in [7, 11) is 0. The van der Waals surface area contributed by atoms with Crippen molar-refractivity contribution in [1.82, 2.24) is 25.2 Å². The van der Waals surface area contributed by atoms with Gasteiger partial charge in [-0.15, -0.1) is 0 Å². The molecule has 1 aromatic carbocycles. The van der Waals surface area contributed by atoms with E-state index >= 15 is 0 Å². The van der Waals surface area contributed by atoms with Gasteiger partial charge in [-0.25, -0.2) is 15.0 Å². The first kappa shape index (κ1) is 22.2. The maximum Gasteiger partial charge on any atom is 0.251 e. The van der Waals surface area contributed by atoms with E-state index in [1.165, 1.54) is 32.3 Å². The number of aromatic nitrogens is 3. The lowest BCUT2D eigenvalue weighted by Crippen LogP contribution is -2.52. The van der Waals surface area contributed by atoms with Crippen LogP contribution < -0.4 is 21.1 Å². The van der Waals surface area contributed by atoms with Crippen LogP contribution in [0.25, 0.3) is 22.3 Å². The third-order valence-corrected chi connectivity index (χ3v) is 7.53. The Kier molecular flexibility index (Phi) is 5.95. The Balaban J connectivity index is 1.30. The SMILES string of the molecule is NC(=O)c1cc(-c2ccc(O[C@H]3CN4CCC3CC4)cc2)nc2c(N[C@H]3CCCNC3)ncnc12. The maximum atomic E-state index is 12.3. The predicted octanol–water partition coefficient (Wildman–Crippen LogP) is 2.43. The van der Waals surface area contributed by atoms with E-state index in [0.717, 1.165) is 43.8 Å². The molecule has 2 aromatic heterocycles. The Labute approximate surface area is 204 Å². The van der Waals surface area contributed by atoms with E-state index in [0.29, 0.717) is 34.0 Å². The second-order valence-corrected chi connectivity index (χ2v) is 9.85. The monoisotopic (exact) mass is 473 g/mol. The first-order valence-electron chi connectivity index (χ1n) is 12.6. The fourth-order valence-corrected chi connectivity index (χ4v) is 5.57. The zero-order valence-electron chi connectivity index (χ0n) is 19.7. The van der Waals surface area contributed by atoms with Gasteiger partial charge in [0, 0.05) is 24.7 Å². The highest BCUT2D eigenvalue weighted by Crippen LogP contribution is 2.32. The molecule has 2 bridgehead atoms. The van der Waals surface area contributed by atoms with Crippen LogP contribution in [0, 0.1) is 5.92 Å². The number of carbonyl (C=O) groups excluding carboxylic acids is 1. The number of carbonyl (C=O) groups is 1. The van der Waals surface area contributed by atoms with E-state index in [-0.39, 0.29) is 12.1 Å². The molecule has 4 aliphatic rings. The Morgan fingerprint density at radius 2 is 1.94 bits per heavy atom. The normalized spacial score (nSPS) is 25.9. The number of hydrogen-bond donors (Lipinski definition) is 3. The summed E-state index contributed by atoms with van der Waals surface area (Å²) in [5, 5.41) is 6.88. The topological polar surface area (TPSA) is 118 Å². The van der Waals surface area contributed by atoms with Crippen molar-refractivity contribution in [2.24, 2.45) is 11.7 Å². The molecule has 0 spiro atoms. The third-order valence-electron chi connectivity index (χ3n) is 7.53. The van der Waals surface area contributed by atoms with Crippen LogP contribution >= 0.6 is 0 Å². The summed E-state index contributed by atoms with van der Waals surface area (Å²) in [5.74, 6) is 1.59. The Hall–Kier alpha value is -3.30.